The second-order valence-corrected chi connectivity index (χ2v) is 8.08. The first-order valence-electron chi connectivity index (χ1n) is 9.98. The Morgan fingerprint density at radius 3 is 2.45 bits per heavy atom. The molecule has 0 saturated carbocycles. The molecule has 1 amide bonds. The predicted octanol–water partition coefficient (Wildman–Crippen LogP) is 3.87. The highest BCUT2D eigenvalue weighted by Crippen LogP contribution is 2.31. The molecule has 1 saturated heterocycles. The van der Waals surface area contributed by atoms with E-state index in [1.807, 2.05) is 60.7 Å². The number of rotatable bonds is 5. The summed E-state index contributed by atoms with van der Waals surface area (Å²) in [4.78, 5) is 21.9. The lowest BCUT2D eigenvalue weighted by atomic mass is 10.2. The number of aliphatic imine (C=N–C) groups is 1. The van der Waals surface area contributed by atoms with E-state index in [0.29, 0.717) is 11.5 Å². The second-order valence-electron chi connectivity index (χ2n) is 7.07. The number of ether oxygens (including phenoxy) is 1. The van der Waals surface area contributed by atoms with E-state index in [0.717, 1.165) is 54.8 Å². The zero-order chi connectivity index (χ0) is 20.1. The first kappa shape index (κ1) is 19.7. The molecule has 0 unspecified atom stereocenters. The van der Waals surface area contributed by atoms with Crippen LogP contribution in [0, 0.1) is 0 Å². The number of hydrogen-bond donors (Lipinski definition) is 0. The van der Waals surface area contributed by atoms with Gasteiger partial charge in [-0.1, -0.05) is 49.4 Å². The Balaban J connectivity index is 1.34. The molecule has 4 rings (SSSR count). The maximum absolute atomic E-state index is 12.3. The SMILES string of the molecule is CCN1CCN(C2=NC(=O)/C(=C/c3ccc(OCc4ccccc4)cc3)S2)CC1. The Morgan fingerprint density at radius 2 is 1.76 bits per heavy atom. The van der Waals surface area contributed by atoms with Crippen molar-refractivity contribution in [3.63, 3.8) is 0 Å². The summed E-state index contributed by atoms with van der Waals surface area (Å²) in [5.74, 6) is 0.666. The molecule has 150 valence electrons. The summed E-state index contributed by atoms with van der Waals surface area (Å²) < 4.78 is 5.83. The Kier molecular flexibility index (Phi) is 6.32. The van der Waals surface area contributed by atoms with E-state index in [4.69, 9.17) is 4.74 Å². The first-order chi connectivity index (χ1) is 14.2. The summed E-state index contributed by atoms with van der Waals surface area (Å²) in [6.07, 6.45) is 1.91. The quantitative estimate of drug-likeness (QED) is 0.704. The van der Waals surface area contributed by atoms with E-state index in [-0.39, 0.29) is 5.91 Å². The lowest BCUT2D eigenvalue weighted by Crippen LogP contribution is -2.47. The lowest BCUT2D eigenvalue weighted by Gasteiger charge is -2.34. The van der Waals surface area contributed by atoms with Gasteiger partial charge in [-0.25, -0.2) is 0 Å². The molecule has 1 fully saturated rings. The molecule has 2 aromatic carbocycles. The van der Waals surface area contributed by atoms with E-state index in [2.05, 4.69) is 21.7 Å². The smallest absolute Gasteiger partial charge is 0.286 e. The van der Waals surface area contributed by atoms with Gasteiger partial charge >= 0.3 is 0 Å². The van der Waals surface area contributed by atoms with Gasteiger partial charge in [0.2, 0.25) is 0 Å². The van der Waals surface area contributed by atoms with Gasteiger partial charge in [0.15, 0.2) is 5.17 Å². The normalized spacial score (nSPS) is 18.9. The Labute approximate surface area is 176 Å². The summed E-state index contributed by atoms with van der Waals surface area (Å²) >= 11 is 1.48. The van der Waals surface area contributed by atoms with Gasteiger partial charge in [-0.05, 0) is 47.6 Å². The van der Waals surface area contributed by atoms with Gasteiger partial charge in [0, 0.05) is 26.2 Å². The van der Waals surface area contributed by atoms with E-state index in [1.165, 1.54) is 11.8 Å². The largest absolute Gasteiger partial charge is 0.489 e. The number of amides is 1. The van der Waals surface area contributed by atoms with Crippen molar-refractivity contribution in [2.45, 2.75) is 13.5 Å². The highest BCUT2D eigenvalue weighted by Gasteiger charge is 2.28. The Morgan fingerprint density at radius 1 is 1.03 bits per heavy atom. The number of benzene rings is 2. The topological polar surface area (TPSA) is 45.1 Å². The zero-order valence-corrected chi connectivity index (χ0v) is 17.4. The fourth-order valence-electron chi connectivity index (χ4n) is 3.34. The third-order valence-corrected chi connectivity index (χ3v) is 6.17. The van der Waals surface area contributed by atoms with E-state index in [1.54, 1.807) is 0 Å². The van der Waals surface area contributed by atoms with Gasteiger partial charge in [-0.3, -0.25) is 4.79 Å². The van der Waals surface area contributed by atoms with Crippen LogP contribution in [0.15, 0.2) is 64.5 Å². The van der Waals surface area contributed by atoms with Crippen LogP contribution < -0.4 is 4.74 Å². The average molecular weight is 408 g/mol. The third-order valence-electron chi connectivity index (χ3n) is 5.13. The van der Waals surface area contributed by atoms with E-state index >= 15 is 0 Å². The van der Waals surface area contributed by atoms with Crippen molar-refractivity contribution in [3.05, 3.63) is 70.6 Å². The minimum absolute atomic E-state index is 0.146. The van der Waals surface area contributed by atoms with Crippen LogP contribution >= 0.6 is 11.8 Å². The van der Waals surface area contributed by atoms with Crippen LogP contribution in [0.2, 0.25) is 0 Å². The van der Waals surface area contributed by atoms with Crippen LogP contribution in [0.1, 0.15) is 18.1 Å². The molecule has 5 nitrogen and oxygen atoms in total. The van der Waals surface area contributed by atoms with Gasteiger partial charge in [-0.2, -0.15) is 4.99 Å². The molecule has 2 aliphatic rings. The summed E-state index contributed by atoms with van der Waals surface area (Å²) in [5.41, 5.74) is 2.11. The number of hydrogen-bond acceptors (Lipinski definition) is 5. The summed E-state index contributed by atoms with van der Waals surface area (Å²) in [6.45, 7) is 7.68. The van der Waals surface area contributed by atoms with Crippen molar-refractivity contribution < 1.29 is 9.53 Å². The summed E-state index contributed by atoms with van der Waals surface area (Å²) in [6, 6.07) is 17.9. The minimum Gasteiger partial charge on any atom is -0.489 e. The standard InChI is InChI=1S/C23H25N3O2S/c1-2-25-12-14-26(15-13-25)23-24-22(27)21(29-23)16-18-8-10-20(11-9-18)28-17-19-6-4-3-5-7-19/h3-11,16H,2,12-15,17H2,1H3/b21-16-. The fraction of sp³-hybridized carbons (Fsp3) is 0.304. The zero-order valence-electron chi connectivity index (χ0n) is 16.6. The average Bonchev–Trinajstić information content (AvgIpc) is 3.14. The number of nitrogens with zero attached hydrogens (tertiary/aromatic N) is 3. The molecule has 0 atom stereocenters. The molecule has 2 aliphatic heterocycles. The maximum atomic E-state index is 12.3. The summed E-state index contributed by atoms with van der Waals surface area (Å²) in [7, 11) is 0. The van der Waals surface area contributed by atoms with Crippen LogP contribution in [0.25, 0.3) is 6.08 Å². The molecule has 0 aromatic heterocycles. The molecule has 2 heterocycles. The molecular formula is C23H25N3O2S. The summed E-state index contributed by atoms with van der Waals surface area (Å²) in [5, 5.41) is 0.833. The van der Waals surface area contributed by atoms with Crippen molar-refractivity contribution in [2.75, 3.05) is 32.7 Å². The van der Waals surface area contributed by atoms with Crippen LogP contribution in [0.5, 0.6) is 5.75 Å². The van der Waals surface area contributed by atoms with E-state index in [9.17, 15) is 4.79 Å². The van der Waals surface area contributed by atoms with Crippen molar-refractivity contribution in [1.29, 1.82) is 0 Å². The number of carbonyl (C=O) groups excluding carboxylic acids is 1. The molecule has 0 bridgehead atoms. The maximum Gasteiger partial charge on any atom is 0.286 e. The van der Waals surface area contributed by atoms with Crippen molar-refractivity contribution in [1.82, 2.24) is 9.80 Å². The highest BCUT2D eigenvalue weighted by molar-refractivity contribution is 8.18. The highest BCUT2D eigenvalue weighted by atomic mass is 32.2. The number of amidine groups is 1. The Hall–Kier alpha value is -2.57. The predicted molar refractivity (Wildman–Crippen MR) is 119 cm³/mol. The monoisotopic (exact) mass is 407 g/mol. The van der Waals surface area contributed by atoms with E-state index < -0.39 is 0 Å². The van der Waals surface area contributed by atoms with Gasteiger partial charge in [-0.15, -0.1) is 0 Å². The van der Waals surface area contributed by atoms with Crippen molar-refractivity contribution in [3.8, 4) is 5.75 Å². The third kappa shape index (κ3) is 5.08. The lowest BCUT2D eigenvalue weighted by molar-refractivity contribution is -0.113. The van der Waals surface area contributed by atoms with Crippen LogP contribution in [-0.4, -0.2) is 53.6 Å². The molecule has 0 N–H and O–H groups in total. The van der Waals surface area contributed by atoms with Gasteiger partial charge in [0.1, 0.15) is 12.4 Å². The number of thioether (sulfide) groups is 1. The number of carbonyl (C=O) groups is 1. The van der Waals surface area contributed by atoms with Gasteiger partial charge in [0.25, 0.3) is 5.91 Å². The molecule has 29 heavy (non-hydrogen) atoms. The number of piperazine rings is 1. The van der Waals surface area contributed by atoms with Crippen LogP contribution in [0.3, 0.4) is 0 Å². The number of likely N-dealkylation sites (N-methyl/N-ethyl adjacent to an activating group) is 1. The van der Waals surface area contributed by atoms with Gasteiger partial charge in [0.05, 0.1) is 4.91 Å². The molecule has 0 aliphatic carbocycles. The van der Waals surface area contributed by atoms with Crippen molar-refractivity contribution >= 4 is 28.9 Å². The minimum atomic E-state index is -0.146. The fourth-order valence-corrected chi connectivity index (χ4v) is 4.31. The molecule has 6 heteroatoms. The molecular weight excluding hydrogens is 382 g/mol. The second kappa shape index (κ2) is 9.29. The first-order valence-corrected chi connectivity index (χ1v) is 10.8. The van der Waals surface area contributed by atoms with Gasteiger partial charge < -0.3 is 14.5 Å². The van der Waals surface area contributed by atoms with Crippen LogP contribution in [0.4, 0.5) is 0 Å². The Bertz CT molecular complexity index is 901. The van der Waals surface area contributed by atoms with Crippen LogP contribution in [-0.2, 0) is 11.4 Å². The molecule has 0 spiro atoms. The van der Waals surface area contributed by atoms with Crippen molar-refractivity contribution in [2.24, 2.45) is 4.99 Å². The molecule has 2 aromatic rings. The molecule has 0 radical (unpaired) electrons.